The number of aromatic nitrogens is 3. The van der Waals surface area contributed by atoms with Crippen molar-refractivity contribution in [2.24, 2.45) is 0 Å². The first-order chi connectivity index (χ1) is 12.1. The molecule has 1 fully saturated rings. The van der Waals surface area contributed by atoms with Crippen LogP contribution >= 0.6 is 22.9 Å². The van der Waals surface area contributed by atoms with Crippen molar-refractivity contribution < 1.29 is 4.79 Å². The van der Waals surface area contributed by atoms with Crippen molar-refractivity contribution in [3.8, 4) is 0 Å². The number of rotatable bonds is 3. The molecule has 3 aromatic heterocycles. The molecular weight excluding hydrogens is 362 g/mol. The van der Waals surface area contributed by atoms with Gasteiger partial charge in [-0.3, -0.25) is 18.9 Å². The van der Waals surface area contributed by atoms with Gasteiger partial charge < -0.3 is 9.88 Å². The smallest absolute Gasteiger partial charge is 0.270 e. The summed E-state index contributed by atoms with van der Waals surface area (Å²) in [6, 6.07) is 3.22. The zero-order valence-electron chi connectivity index (χ0n) is 13.3. The number of hydrogen-bond donors (Lipinski definition) is 1. The van der Waals surface area contributed by atoms with E-state index in [1.807, 2.05) is 10.3 Å². The topological polar surface area (TPSA) is 73.7 Å². The molecule has 4 rings (SSSR count). The fourth-order valence-electron chi connectivity index (χ4n) is 2.97. The third-order valence-electron chi connectivity index (χ3n) is 4.28. The summed E-state index contributed by atoms with van der Waals surface area (Å²) in [5.74, 6) is -0.0390. The van der Waals surface area contributed by atoms with Gasteiger partial charge in [-0.05, 0) is 6.07 Å². The van der Waals surface area contributed by atoms with Crippen LogP contribution in [-0.2, 0) is 6.54 Å². The zero-order chi connectivity index (χ0) is 17.4. The molecule has 0 bridgehead atoms. The van der Waals surface area contributed by atoms with Crippen LogP contribution in [0.5, 0.6) is 0 Å². The minimum absolute atomic E-state index is 0.0390. The van der Waals surface area contributed by atoms with Gasteiger partial charge in [-0.25, -0.2) is 4.98 Å². The summed E-state index contributed by atoms with van der Waals surface area (Å²) in [6.07, 6.45) is 3.34. The average Bonchev–Trinajstić information content (AvgIpc) is 3.24. The van der Waals surface area contributed by atoms with Crippen molar-refractivity contribution in [1.82, 2.24) is 24.2 Å². The summed E-state index contributed by atoms with van der Waals surface area (Å²) >= 11 is 7.31. The second kappa shape index (κ2) is 6.62. The molecule has 0 spiro atoms. The minimum atomic E-state index is -0.0568. The van der Waals surface area contributed by atoms with Gasteiger partial charge in [0, 0.05) is 56.6 Å². The molecule has 0 unspecified atom stereocenters. The van der Waals surface area contributed by atoms with E-state index in [2.05, 4.69) is 14.9 Å². The Balaban J connectivity index is 1.40. The molecule has 1 aliphatic rings. The van der Waals surface area contributed by atoms with Crippen LogP contribution in [0, 0.1) is 0 Å². The largest absolute Gasteiger partial charge is 0.356 e. The number of fused-ring (bicyclic) bond motifs is 1. The van der Waals surface area contributed by atoms with E-state index in [1.54, 1.807) is 28.9 Å². The van der Waals surface area contributed by atoms with Gasteiger partial charge in [-0.1, -0.05) is 11.6 Å². The number of nitrogens with zero attached hydrogens (tertiary/aromatic N) is 4. The lowest BCUT2D eigenvalue weighted by molar-refractivity contribution is 0.0622. The van der Waals surface area contributed by atoms with Crippen molar-refractivity contribution in [1.29, 1.82) is 0 Å². The number of carbonyl (C=O) groups is 1. The van der Waals surface area contributed by atoms with Crippen LogP contribution in [0.15, 0.2) is 34.7 Å². The van der Waals surface area contributed by atoms with Crippen LogP contribution in [0.4, 0.5) is 0 Å². The molecule has 7 nitrogen and oxygen atoms in total. The predicted octanol–water partition coefficient (Wildman–Crippen LogP) is 1.70. The Morgan fingerprint density at radius 3 is 2.80 bits per heavy atom. The molecule has 1 aliphatic heterocycles. The standard InChI is InChI=1S/C16H16ClN5O2S/c17-11-7-13(18-9-11)15(24)21-3-1-20(2-4-21)10-12-8-14(23)22-5-6-25-16(22)19-12/h5-9,18H,1-4,10H2. The molecule has 4 heterocycles. The van der Waals surface area contributed by atoms with Crippen LogP contribution < -0.4 is 5.56 Å². The summed E-state index contributed by atoms with van der Waals surface area (Å²) in [6.45, 7) is 3.36. The minimum Gasteiger partial charge on any atom is -0.356 e. The number of H-pyrrole nitrogens is 1. The maximum absolute atomic E-state index is 12.4. The fourth-order valence-corrected chi connectivity index (χ4v) is 3.87. The number of thiazole rings is 1. The van der Waals surface area contributed by atoms with E-state index in [0.29, 0.717) is 35.3 Å². The van der Waals surface area contributed by atoms with Crippen LogP contribution in [0.2, 0.25) is 5.02 Å². The van der Waals surface area contributed by atoms with Gasteiger partial charge in [-0.2, -0.15) is 0 Å². The zero-order valence-corrected chi connectivity index (χ0v) is 14.9. The van der Waals surface area contributed by atoms with E-state index in [1.165, 1.54) is 11.3 Å². The van der Waals surface area contributed by atoms with Crippen LogP contribution in [0.3, 0.4) is 0 Å². The predicted molar refractivity (Wildman–Crippen MR) is 96.3 cm³/mol. The molecular formula is C16H16ClN5O2S. The third-order valence-corrected chi connectivity index (χ3v) is 5.25. The lowest BCUT2D eigenvalue weighted by Gasteiger charge is -2.34. The number of nitrogens with one attached hydrogen (secondary N) is 1. The third kappa shape index (κ3) is 3.33. The molecule has 1 saturated heterocycles. The van der Waals surface area contributed by atoms with E-state index >= 15 is 0 Å². The quantitative estimate of drug-likeness (QED) is 0.754. The van der Waals surface area contributed by atoms with Gasteiger partial charge >= 0.3 is 0 Å². The van der Waals surface area contributed by atoms with Gasteiger partial charge in [-0.15, -0.1) is 11.3 Å². The van der Waals surface area contributed by atoms with E-state index in [9.17, 15) is 9.59 Å². The Labute approximate surface area is 152 Å². The lowest BCUT2D eigenvalue weighted by Crippen LogP contribution is -2.48. The number of carbonyl (C=O) groups excluding carboxylic acids is 1. The number of piperazine rings is 1. The Bertz CT molecular complexity index is 970. The normalized spacial score (nSPS) is 15.8. The van der Waals surface area contributed by atoms with Gasteiger partial charge in [0.05, 0.1) is 10.7 Å². The number of halogens is 1. The van der Waals surface area contributed by atoms with Crippen LogP contribution in [0.1, 0.15) is 16.2 Å². The van der Waals surface area contributed by atoms with Crippen molar-refractivity contribution >= 4 is 33.8 Å². The van der Waals surface area contributed by atoms with Gasteiger partial charge in [0.15, 0.2) is 4.96 Å². The first kappa shape index (κ1) is 16.3. The summed E-state index contributed by atoms with van der Waals surface area (Å²) in [5, 5.41) is 2.38. The van der Waals surface area contributed by atoms with Gasteiger partial charge in [0.25, 0.3) is 11.5 Å². The highest BCUT2D eigenvalue weighted by Gasteiger charge is 2.23. The molecule has 3 aromatic rings. The molecule has 0 saturated carbocycles. The Morgan fingerprint density at radius 1 is 1.28 bits per heavy atom. The maximum atomic E-state index is 12.4. The van der Waals surface area contributed by atoms with Crippen molar-refractivity contribution in [3.05, 3.63) is 56.7 Å². The highest BCUT2D eigenvalue weighted by Crippen LogP contribution is 2.14. The van der Waals surface area contributed by atoms with Crippen LogP contribution in [0.25, 0.3) is 4.96 Å². The Kier molecular flexibility index (Phi) is 4.32. The summed E-state index contributed by atoms with van der Waals surface area (Å²) in [5.41, 5.74) is 1.22. The van der Waals surface area contributed by atoms with Crippen molar-refractivity contribution in [3.63, 3.8) is 0 Å². The molecule has 130 valence electrons. The summed E-state index contributed by atoms with van der Waals surface area (Å²) in [7, 11) is 0. The molecule has 9 heteroatoms. The van der Waals surface area contributed by atoms with Crippen molar-refractivity contribution in [2.45, 2.75) is 6.54 Å². The van der Waals surface area contributed by atoms with E-state index in [4.69, 9.17) is 11.6 Å². The molecule has 1 N–H and O–H groups in total. The summed E-state index contributed by atoms with van der Waals surface area (Å²) < 4.78 is 1.55. The van der Waals surface area contributed by atoms with E-state index < -0.39 is 0 Å². The Hall–Kier alpha value is -2.16. The maximum Gasteiger partial charge on any atom is 0.270 e. The molecule has 25 heavy (non-hydrogen) atoms. The van der Waals surface area contributed by atoms with Crippen molar-refractivity contribution in [2.75, 3.05) is 26.2 Å². The molecule has 0 aliphatic carbocycles. The molecule has 1 amide bonds. The SMILES string of the molecule is O=C(c1cc(Cl)c[nH]1)N1CCN(Cc2cc(=O)n3ccsc3n2)CC1. The number of amides is 1. The molecule has 0 atom stereocenters. The number of hydrogen-bond acceptors (Lipinski definition) is 5. The lowest BCUT2D eigenvalue weighted by atomic mass is 10.2. The summed E-state index contributed by atoms with van der Waals surface area (Å²) in [4.78, 5) is 36.6. The molecule has 0 radical (unpaired) electrons. The monoisotopic (exact) mass is 377 g/mol. The van der Waals surface area contributed by atoms with Gasteiger partial charge in [0.1, 0.15) is 5.69 Å². The highest BCUT2D eigenvalue weighted by molar-refractivity contribution is 7.15. The van der Waals surface area contributed by atoms with Crippen LogP contribution in [-0.4, -0.2) is 56.3 Å². The Morgan fingerprint density at radius 2 is 2.08 bits per heavy atom. The first-order valence-corrected chi connectivity index (χ1v) is 9.17. The second-order valence-electron chi connectivity index (χ2n) is 5.94. The van der Waals surface area contributed by atoms with E-state index in [0.717, 1.165) is 18.8 Å². The highest BCUT2D eigenvalue weighted by atomic mass is 35.5. The first-order valence-electron chi connectivity index (χ1n) is 7.91. The van der Waals surface area contributed by atoms with Gasteiger partial charge in [0.2, 0.25) is 0 Å². The van der Waals surface area contributed by atoms with E-state index in [-0.39, 0.29) is 11.5 Å². The fraction of sp³-hybridized carbons (Fsp3) is 0.312. The average molecular weight is 378 g/mol. The number of aromatic amines is 1. The molecule has 0 aromatic carbocycles. The second-order valence-corrected chi connectivity index (χ2v) is 7.25.